The van der Waals surface area contributed by atoms with E-state index in [0.717, 1.165) is 42.1 Å². The van der Waals surface area contributed by atoms with E-state index in [9.17, 15) is 9.90 Å². The number of carbonyl (C=O) groups is 1. The van der Waals surface area contributed by atoms with Crippen molar-refractivity contribution in [1.82, 2.24) is 15.0 Å². The highest BCUT2D eigenvalue weighted by molar-refractivity contribution is 5.79. The van der Waals surface area contributed by atoms with E-state index in [4.69, 9.17) is 9.26 Å². The molecule has 0 bridgehead atoms. The molecule has 3 heterocycles. The Balaban J connectivity index is 1.47. The summed E-state index contributed by atoms with van der Waals surface area (Å²) in [5, 5.41) is 13.6. The fraction of sp³-hybridized carbons (Fsp3) is 0.565. The molecule has 1 amide bonds. The number of likely N-dealkylation sites (tertiary alicyclic amines) is 1. The van der Waals surface area contributed by atoms with Gasteiger partial charge in [0.2, 0.25) is 5.91 Å². The highest BCUT2D eigenvalue weighted by Crippen LogP contribution is 2.27. The average Bonchev–Trinajstić information content (AvgIpc) is 2.94. The summed E-state index contributed by atoms with van der Waals surface area (Å²) in [7, 11) is 0. The molecule has 30 heavy (non-hydrogen) atoms. The average molecular weight is 414 g/mol. The summed E-state index contributed by atoms with van der Waals surface area (Å²) >= 11 is 0. The molecule has 7 heteroatoms. The van der Waals surface area contributed by atoms with E-state index in [0.29, 0.717) is 31.9 Å². The molecule has 0 aliphatic carbocycles. The van der Waals surface area contributed by atoms with Gasteiger partial charge in [-0.1, -0.05) is 17.6 Å². The zero-order valence-corrected chi connectivity index (χ0v) is 17.9. The van der Waals surface area contributed by atoms with Crippen molar-refractivity contribution in [3.8, 4) is 5.75 Å². The monoisotopic (exact) mass is 413 g/mol. The fourth-order valence-electron chi connectivity index (χ4n) is 4.49. The van der Waals surface area contributed by atoms with Gasteiger partial charge in [0.25, 0.3) is 0 Å². The first-order chi connectivity index (χ1) is 14.5. The smallest absolute Gasteiger partial charge is 0.227 e. The molecule has 1 aromatic heterocycles. The first-order valence-corrected chi connectivity index (χ1v) is 10.8. The van der Waals surface area contributed by atoms with E-state index in [1.807, 2.05) is 24.8 Å². The maximum absolute atomic E-state index is 13.0. The number of rotatable bonds is 5. The molecule has 7 nitrogen and oxygen atoms in total. The van der Waals surface area contributed by atoms with Crippen molar-refractivity contribution in [2.24, 2.45) is 0 Å². The lowest BCUT2D eigenvalue weighted by Crippen LogP contribution is -2.41. The SMILES string of the molecule is Cc1noc(C)c1CC(=O)N1CCOc2ccc(CN3CCCCC3CO)cc2C1. The van der Waals surface area contributed by atoms with Crippen LogP contribution in [0, 0.1) is 13.8 Å². The van der Waals surface area contributed by atoms with Crippen LogP contribution in [-0.2, 0) is 24.3 Å². The number of benzene rings is 1. The second-order valence-corrected chi connectivity index (χ2v) is 8.39. The van der Waals surface area contributed by atoms with Gasteiger partial charge in [0.05, 0.1) is 25.3 Å². The number of aliphatic hydroxyl groups is 1. The number of aliphatic hydroxyl groups excluding tert-OH is 1. The number of aromatic nitrogens is 1. The van der Waals surface area contributed by atoms with Crippen LogP contribution in [-0.4, -0.2) is 58.3 Å². The molecule has 1 fully saturated rings. The highest BCUT2D eigenvalue weighted by Gasteiger charge is 2.24. The second-order valence-electron chi connectivity index (χ2n) is 8.39. The molecule has 162 valence electrons. The van der Waals surface area contributed by atoms with Crippen LogP contribution in [0.15, 0.2) is 22.7 Å². The van der Waals surface area contributed by atoms with Gasteiger partial charge < -0.3 is 19.3 Å². The molecule has 0 radical (unpaired) electrons. The maximum atomic E-state index is 13.0. The number of nitrogens with zero attached hydrogens (tertiary/aromatic N) is 3. The molecule has 2 aliphatic rings. The second kappa shape index (κ2) is 9.18. The topological polar surface area (TPSA) is 79.0 Å². The summed E-state index contributed by atoms with van der Waals surface area (Å²) in [5.41, 5.74) is 3.88. The molecule has 4 rings (SSSR count). The molecule has 1 saturated heterocycles. The normalized spacial score (nSPS) is 19.8. The van der Waals surface area contributed by atoms with Gasteiger partial charge in [0.1, 0.15) is 18.1 Å². The number of carbonyl (C=O) groups excluding carboxylic acids is 1. The van der Waals surface area contributed by atoms with Crippen LogP contribution in [0.4, 0.5) is 0 Å². The number of piperidine rings is 1. The molecule has 1 N–H and O–H groups in total. The minimum atomic E-state index is 0.0580. The summed E-state index contributed by atoms with van der Waals surface area (Å²) in [5.74, 6) is 1.61. The Kier molecular flexibility index (Phi) is 6.39. The fourth-order valence-corrected chi connectivity index (χ4v) is 4.49. The number of fused-ring (bicyclic) bond motifs is 1. The Labute approximate surface area is 177 Å². The molecular weight excluding hydrogens is 382 g/mol. The molecule has 2 aromatic rings. The van der Waals surface area contributed by atoms with Gasteiger partial charge in [-0.25, -0.2) is 0 Å². The molecule has 2 aliphatic heterocycles. The number of amides is 1. The van der Waals surface area contributed by atoms with Crippen molar-refractivity contribution >= 4 is 5.91 Å². The van der Waals surface area contributed by atoms with Crippen molar-refractivity contribution in [2.75, 3.05) is 26.3 Å². The van der Waals surface area contributed by atoms with Crippen LogP contribution >= 0.6 is 0 Å². The molecule has 0 spiro atoms. The highest BCUT2D eigenvalue weighted by atomic mass is 16.5. The summed E-state index contributed by atoms with van der Waals surface area (Å²) in [6.45, 7) is 7.32. The van der Waals surface area contributed by atoms with E-state index in [1.54, 1.807) is 0 Å². The number of ether oxygens (including phenoxy) is 1. The lowest BCUT2D eigenvalue weighted by atomic mass is 10.0. The third-order valence-corrected chi connectivity index (χ3v) is 6.31. The molecule has 1 aromatic carbocycles. The van der Waals surface area contributed by atoms with Crippen molar-refractivity contribution in [3.63, 3.8) is 0 Å². The third-order valence-electron chi connectivity index (χ3n) is 6.31. The predicted molar refractivity (Wildman–Crippen MR) is 112 cm³/mol. The standard InChI is InChI=1S/C23H31N3O4/c1-16-21(17(2)30-24-16)12-23(28)26-9-10-29-22-7-6-18(11-19(22)14-26)13-25-8-4-3-5-20(25)15-27/h6-7,11,20,27H,3-5,8-10,12-15H2,1-2H3. The zero-order chi connectivity index (χ0) is 21.1. The van der Waals surface area contributed by atoms with E-state index >= 15 is 0 Å². The number of hydrogen-bond donors (Lipinski definition) is 1. The van der Waals surface area contributed by atoms with Crippen LogP contribution in [0.2, 0.25) is 0 Å². The predicted octanol–water partition coefficient (Wildman–Crippen LogP) is 2.60. The molecule has 1 atom stereocenters. The van der Waals surface area contributed by atoms with Gasteiger partial charge in [-0.15, -0.1) is 0 Å². The van der Waals surface area contributed by atoms with Gasteiger partial charge in [-0.3, -0.25) is 9.69 Å². The Hall–Kier alpha value is -2.38. The number of aryl methyl sites for hydroxylation is 2. The van der Waals surface area contributed by atoms with Crippen LogP contribution in [0.5, 0.6) is 5.75 Å². The minimum Gasteiger partial charge on any atom is -0.491 e. The van der Waals surface area contributed by atoms with Crippen LogP contribution in [0.25, 0.3) is 0 Å². The Morgan fingerprint density at radius 2 is 2.13 bits per heavy atom. The van der Waals surface area contributed by atoms with Gasteiger partial charge in [-0.05, 0) is 50.9 Å². The summed E-state index contributed by atoms with van der Waals surface area (Å²) in [6, 6.07) is 6.51. The molecule has 1 unspecified atom stereocenters. The van der Waals surface area contributed by atoms with Crippen LogP contribution < -0.4 is 4.74 Å². The number of hydrogen-bond acceptors (Lipinski definition) is 6. The van der Waals surface area contributed by atoms with Gasteiger partial charge in [-0.2, -0.15) is 0 Å². The Morgan fingerprint density at radius 1 is 1.27 bits per heavy atom. The lowest BCUT2D eigenvalue weighted by Gasteiger charge is -2.34. The summed E-state index contributed by atoms with van der Waals surface area (Å²) in [4.78, 5) is 17.2. The first-order valence-electron chi connectivity index (χ1n) is 10.8. The van der Waals surface area contributed by atoms with E-state index in [2.05, 4.69) is 22.2 Å². The summed E-state index contributed by atoms with van der Waals surface area (Å²) < 4.78 is 11.1. The third kappa shape index (κ3) is 4.52. The zero-order valence-electron chi connectivity index (χ0n) is 17.9. The Bertz CT molecular complexity index is 875. The van der Waals surface area contributed by atoms with Crippen molar-refractivity contribution in [3.05, 3.63) is 46.3 Å². The lowest BCUT2D eigenvalue weighted by molar-refractivity contribution is -0.131. The molecule has 0 saturated carbocycles. The van der Waals surface area contributed by atoms with Gasteiger partial charge >= 0.3 is 0 Å². The largest absolute Gasteiger partial charge is 0.491 e. The van der Waals surface area contributed by atoms with E-state index < -0.39 is 0 Å². The minimum absolute atomic E-state index is 0.0580. The van der Waals surface area contributed by atoms with Crippen LogP contribution in [0.3, 0.4) is 0 Å². The van der Waals surface area contributed by atoms with Gasteiger partial charge in [0, 0.05) is 30.3 Å². The maximum Gasteiger partial charge on any atom is 0.227 e. The Morgan fingerprint density at radius 3 is 2.90 bits per heavy atom. The van der Waals surface area contributed by atoms with Crippen molar-refractivity contribution < 1.29 is 19.2 Å². The first kappa shape index (κ1) is 20.9. The summed E-state index contributed by atoms with van der Waals surface area (Å²) in [6.07, 6.45) is 3.70. The van der Waals surface area contributed by atoms with Crippen molar-refractivity contribution in [1.29, 1.82) is 0 Å². The van der Waals surface area contributed by atoms with Gasteiger partial charge in [0.15, 0.2) is 0 Å². The molecular formula is C23H31N3O4. The van der Waals surface area contributed by atoms with Crippen LogP contribution in [0.1, 0.15) is 47.4 Å². The van der Waals surface area contributed by atoms with E-state index in [1.165, 1.54) is 18.4 Å². The van der Waals surface area contributed by atoms with Crippen molar-refractivity contribution in [2.45, 2.75) is 58.7 Å². The van der Waals surface area contributed by atoms with E-state index in [-0.39, 0.29) is 18.6 Å². The quantitative estimate of drug-likeness (QED) is 0.812.